The van der Waals surface area contributed by atoms with Crippen LogP contribution < -0.4 is 16.2 Å². The molecule has 3 N–H and O–H groups in total. The SMILES string of the molecule is O=C(NCCCl)NNc1cnc2ccccc2c1. The number of rotatable bonds is 4. The number of para-hydroxylation sites is 1. The minimum Gasteiger partial charge on any atom is -0.336 e. The van der Waals surface area contributed by atoms with Gasteiger partial charge in [0, 0.05) is 17.8 Å². The van der Waals surface area contributed by atoms with Crippen LogP contribution in [0.15, 0.2) is 36.5 Å². The van der Waals surface area contributed by atoms with E-state index >= 15 is 0 Å². The number of benzene rings is 1. The van der Waals surface area contributed by atoms with Gasteiger partial charge in [-0.2, -0.15) is 0 Å². The first-order valence-electron chi connectivity index (χ1n) is 5.50. The summed E-state index contributed by atoms with van der Waals surface area (Å²) in [5.74, 6) is 0.380. The number of hydrogen-bond acceptors (Lipinski definition) is 3. The van der Waals surface area contributed by atoms with Crippen LogP contribution in [0.25, 0.3) is 10.9 Å². The molecule has 0 aliphatic rings. The molecule has 2 amide bonds. The number of nitrogens with one attached hydrogen (secondary N) is 3. The monoisotopic (exact) mass is 264 g/mol. The maximum absolute atomic E-state index is 11.3. The molecule has 2 rings (SSSR count). The lowest BCUT2D eigenvalue weighted by Crippen LogP contribution is -2.39. The Hall–Kier alpha value is -2.01. The molecule has 94 valence electrons. The molecule has 0 fully saturated rings. The van der Waals surface area contributed by atoms with Crippen molar-refractivity contribution in [3.05, 3.63) is 36.5 Å². The molecule has 5 nitrogen and oxygen atoms in total. The van der Waals surface area contributed by atoms with Crippen LogP contribution in [-0.2, 0) is 0 Å². The van der Waals surface area contributed by atoms with Gasteiger partial charge >= 0.3 is 6.03 Å². The largest absolute Gasteiger partial charge is 0.336 e. The molecule has 0 bridgehead atoms. The summed E-state index contributed by atoms with van der Waals surface area (Å²) in [5, 5.41) is 3.58. The highest BCUT2D eigenvalue weighted by Crippen LogP contribution is 2.15. The molecule has 0 saturated carbocycles. The number of urea groups is 1. The third-order valence-corrected chi connectivity index (χ3v) is 2.48. The third kappa shape index (κ3) is 3.24. The van der Waals surface area contributed by atoms with Crippen LogP contribution in [0.5, 0.6) is 0 Å². The molecule has 0 spiro atoms. The summed E-state index contributed by atoms with van der Waals surface area (Å²) in [6, 6.07) is 9.34. The number of aromatic nitrogens is 1. The minimum absolute atomic E-state index is 0.330. The van der Waals surface area contributed by atoms with Gasteiger partial charge in [-0.3, -0.25) is 15.8 Å². The fraction of sp³-hybridized carbons (Fsp3) is 0.167. The number of alkyl halides is 1. The summed E-state index contributed by atoms with van der Waals surface area (Å²) in [6.07, 6.45) is 1.66. The summed E-state index contributed by atoms with van der Waals surface area (Å²) in [7, 11) is 0. The van der Waals surface area contributed by atoms with E-state index in [0.717, 1.165) is 16.6 Å². The number of halogens is 1. The zero-order chi connectivity index (χ0) is 12.8. The number of pyridine rings is 1. The molecule has 0 atom stereocenters. The third-order valence-electron chi connectivity index (χ3n) is 2.29. The topological polar surface area (TPSA) is 66.1 Å². The zero-order valence-electron chi connectivity index (χ0n) is 9.61. The number of amides is 2. The van der Waals surface area contributed by atoms with Crippen molar-refractivity contribution in [1.29, 1.82) is 0 Å². The number of carbonyl (C=O) groups excluding carboxylic acids is 1. The smallest absolute Gasteiger partial charge is 0.333 e. The molecular weight excluding hydrogens is 252 g/mol. The predicted octanol–water partition coefficient (Wildman–Crippen LogP) is 2.10. The van der Waals surface area contributed by atoms with Crippen molar-refractivity contribution in [3.63, 3.8) is 0 Å². The molecule has 0 saturated heterocycles. The van der Waals surface area contributed by atoms with Crippen LogP contribution >= 0.6 is 11.6 Å². The number of fused-ring (bicyclic) bond motifs is 1. The van der Waals surface area contributed by atoms with Crippen LogP contribution in [-0.4, -0.2) is 23.4 Å². The van der Waals surface area contributed by atoms with Crippen molar-refractivity contribution < 1.29 is 4.79 Å². The Bertz CT molecular complexity index is 546. The van der Waals surface area contributed by atoms with Gasteiger partial charge in [0.2, 0.25) is 0 Å². The first-order chi connectivity index (χ1) is 8.79. The van der Waals surface area contributed by atoms with E-state index in [0.29, 0.717) is 12.4 Å². The van der Waals surface area contributed by atoms with Gasteiger partial charge in [-0.15, -0.1) is 11.6 Å². The number of anilines is 1. The second kappa shape index (κ2) is 6.07. The molecule has 0 unspecified atom stereocenters. The van der Waals surface area contributed by atoms with Crippen LogP contribution in [0.2, 0.25) is 0 Å². The van der Waals surface area contributed by atoms with Crippen LogP contribution in [0, 0.1) is 0 Å². The van der Waals surface area contributed by atoms with E-state index in [1.807, 2.05) is 30.3 Å². The van der Waals surface area contributed by atoms with Crippen LogP contribution in [0.1, 0.15) is 0 Å². The van der Waals surface area contributed by atoms with E-state index in [4.69, 9.17) is 11.6 Å². The molecule has 2 aromatic rings. The van der Waals surface area contributed by atoms with Gasteiger partial charge in [0.05, 0.1) is 17.4 Å². The lowest BCUT2D eigenvalue weighted by atomic mass is 10.2. The Balaban J connectivity index is 1.97. The summed E-state index contributed by atoms with van der Waals surface area (Å²) in [4.78, 5) is 15.5. The average Bonchev–Trinajstić information content (AvgIpc) is 2.42. The molecule has 6 heteroatoms. The normalized spacial score (nSPS) is 10.1. The number of hydrogen-bond donors (Lipinski definition) is 3. The zero-order valence-corrected chi connectivity index (χ0v) is 10.4. The van der Waals surface area contributed by atoms with Crippen molar-refractivity contribution in [2.24, 2.45) is 0 Å². The number of hydrazine groups is 1. The van der Waals surface area contributed by atoms with Gasteiger partial charge in [-0.25, -0.2) is 4.79 Å². The van der Waals surface area contributed by atoms with E-state index in [1.54, 1.807) is 6.20 Å². The van der Waals surface area contributed by atoms with Gasteiger partial charge < -0.3 is 5.32 Å². The van der Waals surface area contributed by atoms with Crippen molar-refractivity contribution >= 4 is 34.2 Å². The van der Waals surface area contributed by atoms with Gasteiger partial charge in [0.25, 0.3) is 0 Å². The van der Waals surface area contributed by atoms with Crippen molar-refractivity contribution in [2.75, 3.05) is 17.9 Å². The number of carbonyl (C=O) groups is 1. The second-order valence-corrected chi connectivity index (χ2v) is 3.99. The van der Waals surface area contributed by atoms with E-state index < -0.39 is 0 Å². The van der Waals surface area contributed by atoms with Gasteiger partial charge in [0.1, 0.15) is 0 Å². The standard InChI is InChI=1S/C12H13ClN4O/c13-5-6-14-12(18)17-16-10-7-9-3-1-2-4-11(9)15-8-10/h1-4,7-8,16H,5-6H2,(H2,14,17,18). The lowest BCUT2D eigenvalue weighted by molar-refractivity contribution is 0.243. The fourth-order valence-electron chi connectivity index (χ4n) is 1.47. The van der Waals surface area contributed by atoms with Crippen molar-refractivity contribution in [3.8, 4) is 0 Å². The first-order valence-corrected chi connectivity index (χ1v) is 6.03. The summed E-state index contributed by atoms with van der Waals surface area (Å²) in [5.41, 5.74) is 6.91. The Morgan fingerprint density at radius 3 is 3.00 bits per heavy atom. The Kier molecular flexibility index (Phi) is 4.20. The summed E-state index contributed by atoms with van der Waals surface area (Å²) < 4.78 is 0. The van der Waals surface area contributed by atoms with E-state index in [2.05, 4.69) is 21.2 Å². The van der Waals surface area contributed by atoms with E-state index in [9.17, 15) is 4.79 Å². The highest BCUT2D eigenvalue weighted by Gasteiger charge is 1.99. The van der Waals surface area contributed by atoms with Crippen molar-refractivity contribution in [1.82, 2.24) is 15.7 Å². The molecule has 1 aromatic heterocycles. The minimum atomic E-state index is -0.330. The maximum atomic E-state index is 11.3. The van der Waals surface area contributed by atoms with Gasteiger partial charge in [0.15, 0.2) is 0 Å². The first kappa shape index (κ1) is 12.4. The highest BCUT2D eigenvalue weighted by molar-refractivity contribution is 6.18. The van der Waals surface area contributed by atoms with Gasteiger partial charge in [-0.05, 0) is 12.1 Å². The van der Waals surface area contributed by atoms with E-state index in [1.165, 1.54) is 0 Å². The highest BCUT2D eigenvalue weighted by atomic mass is 35.5. The number of nitrogens with zero attached hydrogens (tertiary/aromatic N) is 1. The molecule has 1 aromatic carbocycles. The van der Waals surface area contributed by atoms with Gasteiger partial charge in [-0.1, -0.05) is 18.2 Å². The maximum Gasteiger partial charge on any atom is 0.333 e. The molecule has 0 radical (unpaired) electrons. The molecule has 0 aliphatic heterocycles. The average molecular weight is 265 g/mol. The summed E-state index contributed by atoms with van der Waals surface area (Å²) in [6.45, 7) is 0.422. The molecule has 18 heavy (non-hydrogen) atoms. The van der Waals surface area contributed by atoms with E-state index in [-0.39, 0.29) is 6.03 Å². The Labute approximate surface area is 110 Å². The van der Waals surface area contributed by atoms with Crippen molar-refractivity contribution in [2.45, 2.75) is 0 Å². The second-order valence-electron chi connectivity index (χ2n) is 3.61. The summed E-state index contributed by atoms with van der Waals surface area (Å²) >= 11 is 5.46. The van der Waals surface area contributed by atoms with Crippen LogP contribution in [0.3, 0.4) is 0 Å². The van der Waals surface area contributed by atoms with Crippen LogP contribution in [0.4, 0.5) is 10.5 Å². The molecular formula is C12H13ClN4O. The predicted molar refractivity (Wildman–Crippen MR) is 72.6 cm³/mol. The fourth-order valence-corrected chi connectivity index (χ4v) is 1.57. The molecule has 1 heterocycles. The Morgan fingerprint density at radius 1 is 1.33 bits per heavy atom. The molecule has 0 aliphatic carbocycles. The quantitative estimate of drug-likeness (QED) is 0.585. The lowest BCUT2D eigenvalue weighted by Gasteiger charge is -2.09. The Morgan fingerprint density at radius 2 is 2.17 bits per heavy atom.